The average molecular weight is 714 g/mol. The molecule has 0 atom stereocenters. The smallest absolute Gasteiger partial charge is 0.160 e. The summed E-state index contributed by atoms with van der Waals surface area (Å²) in [6, 6.07) is 76.3. The van der Waals surface area contributed by atoms with Crippen molar-refractivity contribution in [3.63, 3.8) is 0 Å². The van der Waals surface area contributed by atoms with Gasteiger partial charge >= 0.3 is 0 Å². The molecule has 0 bridgehead atoms. The van der Waals surface area contributed by atoms with Crippen LogP contribution in [0.2, 0.25) is 0 Å². The lowest BCUT2D eigenvalue weighted by Crippen LogP contribution is -2.28. The Kier molecular flexibility index (Phi) is 7.39. The second kappa shape index (κ2) is 12.9. The van der Waals surface area contributed by atoms with Crippen molar-refractivity contribution in [1.29, 1.82) is 0 Å². The molecule has 11 rings (SSSR count). The summed E-state index contributed by atoms with van der Waals surface area (Å²) in [4.78, 5) is 10.4. The third kappa shape index (κ3) is 4.91. The van der Waals surface area contributed by atoms with Gasteiger partial charge in [0.15, 0.2) is 5.82 Å². The molecule has 0 N–H and O–H groups in total. The zero-order valence-electron chi connectivity index (χ0n) is 30.5. The maximum absolute atomic E-state index is 5.18. The first-order valence-corrected chi connectivity index (χ1v) is 19.2. The number of hydrogen-bond donors (Lipinski definition) is 0. The zero-order chi connectivity index (χ0) is 37.1. The van der Waals surface area contributed by atoms with Crippen LogP contribution in [0.25, 0.3) is 72.5 Å². The molecule has 0 radical (unpaired) electrons. The number of aromatic nitrogens is 3. The number of para-hydroxylation sites is 1. The molecule has 56 heavy (non-hydrogen) atoms. The largest absolute Gasteiger partial charge is 0.309 e. The lowest BCUT2D eigenvalue weighted by atomic mass is 9.67. The van der Waals surface area contributed by atoms with E-state index in [-0.39, 0.29) is 0 Å². The fourth-order valence-electron chi connectivity index (χ4n) is 9.07. The first kappa shape index (κ1) is 32.1. The van der Waals surface area contributed by atoms with Gasteiger partial charge in [0.05, 0.1) is 27.8 Å². The van der Waals surface area contributed by atoms with Gasteiger partial charge < -0.3 is 4.57 Å². The van der Waals surface area contributed by atoms with Gasteiger partial charge in [0.1, 0.15) is 0 Å². The molecule has 2 heterocycles. The molecule has 0 aliphatic heterocycles. The first-order chi connectivity index (χ1) is 27.8. The van der Waals surface area contributed by atoms with E-state index in [4.69, 9.17) is 9.97 Å². The maximum Gasteiger partial charge on any atom is 0.160 e. The van der Waals surface area contributed by atoms with E-state index in [0.717, 1.165) is 44.8 Å². The summed E-state index contributed by atoms with van der Waals surface area (Å²) in [6.45, 7) is 0. The second-order valence-corrected chi connectivity index (χ2v) is 14.5. The van der Waals surface area contributed by atoms with Crippen LogP contribution in [0.5, 0.6) is 0 Å². The van der Waals surface area contributed by atoms with Crippen LogP contribution in [-0.2, 0) is 5.41 Å². The molecule has 0 saturated heterocycles. The highest BCUT2D eigenvalue weighted by Gasteiger charge is 2.46. The average Bonchev–Trinajstić information content (AvgIpc) is 3.78. The van der Waals surface area contributed by atoms with Crippen LogP contribution in [0.3, 0.4) is 0 Å². The zero-order valence-corrected chi connectivity index (χ0v) is 30.5. The number of hydrogen-bond acceptors (Lipinski definition) is 2. The molecule has 0 unspecified atom stereocenters. The molecule has 0 fully saturated rings. The standard InChI is InChI=1S/C53H35N3/c1-4-17-36(18-5-1)48-35-49(37-19-6-2-7-20-37)55-52(54-48)38-21-16-24-41(33-38)56-50-30-15-12-27-44(50)45-32-31-40(34-51(45)56)53(39-22-8-3-9-23-39)46-28-13-10-25-42(46)43-26-11-14-29-47(43)53/h1-35H. The van der Waals surface area contributed by atoms with E-state index in [2.05, 4.69) is 205 Å². The Hall–Kier alpha value is -7.36. The van der Waals surface area contributed by atoms with Crippen molar-refractivity contribution in [2.75, 3.05) is 0 Å². The van der Waals surface area contributed by atoms with Gasteiger partial charge in [-0.1, -0.05) is 182 Å². The van der Waals surface area contributed by atoms with E-state index < -0.39 is 5.41 Å². The predicted molar refractivity (Wildman–Crippen MR) is 230 cm³/mol. The van der Waals surface area contributed by atoms with E-state index in [1.54, 1.807) is 0 Å². The Morgan fingerprint density at radius 1 is 0.357 bits per heavy atom. The summed E-state index contributed by atoms with van der Waals surface area (Å²) < 4.78 is 2.42. The predicted octanol–water partition coefficient (Wildman–Crippen LogP) is 12.9. The Bertz CT molecular complexity index is 2970. The Balaban J connectivity index is 1.15. The molecule has 0 spiro atoms. The van der Waals surface area contributed by atoms with Gasteiger partial charge in [-0.2, -0.15) is 0 Å². The van der Waals surface area contributed by atoms with E-state index in [0.29, 0.717) is 5.82 Å². The van der Waals surface area contributed by atoms with Crippen LogP contribution in [0.15, 0.2) is 212 Å². The molecule has 3 nitrogen and oxygen atoms in total. The van der Waals surface area contributed by atoms with Crippen LogP contribution in [-0.4, -0.2) is 14.5 Å². The van der Waals surface area contributed by atoms with E-state index >= 15 is 0 Å². The topological polar surface area (TPSA) is 30.7 Å². The monoisotopic (exact) mass is 713 g/mol. The van der Waals surface area contributed by atoms with Crippen LogP contribution in [0.1, 0.15) is 22.3 Å². The molecule has 1 aliphatic rings. The summed E-state index contributed by atoms with van der Waals surface area (Å²) in [7, 11) is 0. The van der Waals surface area contributed by atoms with E-state index in [1.165, 1.54) is 44.2 Å². The second-order valence-electron chi connectivity index (χ2n) is 14.5. The summed E-state index contributed by atoms with van der Waals surface area (Å²) in [5.74, 6) is 0.690. The molecular formula is C53H35N3. The van der Waals surface area contributed by atoms with Crippen molar-refractivity contribution in [2.24, 2.45) is 0 Å². The molecule has 0 amide bonds. The quantitative estimate of drug-likeness (QED) is 0.172. The van der Waals surface area contributed by atoms with Gasteiger partial charge in [-0.15, -0.1) is 0 Å². The minimum Gasteiger partial charge on any atom is -0.309 e. The van der Waals surface area contributed by atoms with Crippen LogP contribution in [0.4, 0.5) is 0 Å². The Morgan fingerprint density at radius 3 is 1.55 bits per heavy atom. The molecule has 3 heteroatoms. The van der Waals surface area contributed by atoms with Crippen molar-refractivity contribution in [3.8, 4) is 50.7 Å². The fraction of sp³-hybridized carbons (Fsp3) is 0.0189. The molecule has 0 saturated carbocycles. The van der Waals surface area contributed by atoms with Gasteiger partial charge in [-0.05, 0) is 63.7 Å². The minimum absolute atomic E-state index is 0.495. The normalized spacial score (nSPS) is 12.8. The fourth-order valence-corrected chi connectivity index (χ4v) is 9.07. The third-order valence-corrected chi connectivity index (χ3v) is 11.5. The highest BCUT2D eigenvalue weighted by atomic mass is 15.0. The lowest BCUT2D eigenvalue weighted by molar-refractivity contribution is 0.769. The van der Waals surface area contributed by atoms with Crippen LogP contribution < -0.4 is 0 Å². The van der Waals surface area contributed by atoms with Crippen molar-refractivity contribution < 1.29 is 0 Å². The number of benzene rings is 8. The molecule has 8 aromatic carbocycles. The van der Waals surface area contributed by atoms with Gasteiger partial charge in [-0.3, -0.25) is 0 Å². The van der Waals surface area contributed by atoms with Crippen LogP contribution in [0, 0.1) is 0 Å². The first-order valence-electron chi connectivity index (χ1n) is 19.2. The lowest BCUT2D eigenvalue weighted by Gasteiger charge is -2.34. The van der Waals surface area contributed by atoms with Gasteiger partial charge in [0, 0.05) is 33.2 Å². The summed E-state index contributed by atoms with van der Waals surface area (Å²) in [5, 5.41) is 2.43. The molecule has 1 aliphatic carbocycles. The Labute approximate surface area is 325 Å². The van der Waals surface area contributed by atoms with Gasteiger partial charge in [0.25, 0.3) is 0 Å². The van der Waals surface area contributed by atoms with Crippen molar-refractivity contribution in [2.45, 2.75) is 5.41 Å². The minimum atomic E-state index is -0.495. The van der Waals surface area contributed by atoms with Gasteiger partial charge in [-0.25, -0.2) is 9.97 Å². The highest BCUT2D eigenvalue weighted by Crippen LogP contribution is 2.56. The van der Waals surface area contributed by atoms with Crippen molar-refractivity contribution in [1.82, 2.24) is 14.5 Å². The molecule has 262 valence electrons. The van der Waals surface area contributed by atoms with Crippen molar-refractivity contribution >= 4 is 21.8 Å². The summed E-state index contributed by atoms with van der Waals surface area (Å²) >= 11 is 0. The van der Waals surface area contributed by atoms with Gasteiger partial charge in [0.2, 0.25) is 0 Å². The molecule has 2 aromatic heterocycles. The highest BCUT2D eigenvalue weighted by molar-refractivity contribution is 6.09. The van der Waals surface area contributed by atoms with E-state index in [9.17, 15) is 0 Å². The maximum atomic E-state index is 5.18. The molecular weight excluding hydrogens is 679 g/mol. The number of rotatable bonds is 6. The van der Waals surface area contributed by atoms with Crippen molar-refractivity contribution in [3.05, 3.63) is 235 Å². The van der Waals surface area contributed by atoms with E-state index in [1.807, 2.05) is 12.1 Å². The molecule has 10 aromatic rings. The SMILES string of the molecule is c1ccc(-c2cc(-c3ccccc3)nc(-c3cccc(-n4c5ccccc5c5ccc(C6(c7ccccc7)c7ccccc7-c7ccccc76)cc54)c3)n2)cc1. The Morgan fingerprint density at radius 2 is 0.893 bits per heavy atom. The van der Waals surface area contributed by atoms with Crippen LogP contribution >= 0.6 is 0 Å². The summed E-state index contributed by atoms with van der Waals surface area (Å²) in [6.07, 6.45) is 0. The number of nitrogens with zero attached hydrogens (tertiary/aromatic N) is 3. The third-order valence-electron chi connectivity index (χ3n) is 11.5. The summed E-state index contributed by atoms with van der Waals surface area (Å²) in [5.41, 5.74) is 15.4. The number of fused-ring (bicyclic) bond motifs is 6.